The lowest BCUT2D eigenvalue weighted by Crippen LogP contribution is -2.32. The Balaban J connectivity index is 1.93. The highest BCUT2D eigenvalue weighted by Gasteiger charge is 2.22. The highest BCUT2D eigenvalue weighted by Crippen LogP contribution is 2.30. The van der Waals surface area contributed by atoms with Crippen LogP contribution < -0.4 is 10.1 Å². The number of hydrogen-bond acceptors (Lipinski definition) is 5. The van der Waals surface area contributed by atoms with Gasteiger partial charge in [0.15, 0.2) is 12.7 Å². The first-order valence-electron chi connectivity index (χ1n) is 9.23. The number of benzene rings is 1. The number of esters is 1. The minimum Gasteiger partial charge on any atom is -0.482 e. The van der Waals surface area contributed by atoms with E-state index < -0.39 is 18.0 Å². The molecule has 0 aliphatic rings. The molecule has 1 aromatic heterocycles. The first-order valence-corrected chi connectivity index (χ1v) is 9.23. The van der Waals surface area contributed by atoms with Crippen molar-refractivity contribution in [1.29, 1.82) is 0 Å². The summed E-state index contributed by atoms with van der Waals surface area (Å²) in [6.45, 7) is 11.1. The van der Waals surface area contributed by atoms with Crippen LogP contribution in [0.3, 0.4) is 0 Å². The summed E-state index contributed by atoms with van der Waals surface area (Å²) in [6, 6.07) is 7.57. The molecule has 0 spiro atoms. The van der Waals surface area contributed by atoms with Gasteiger partial charge in [0.05, 0.1) is 17.1 Å². The van der Waals surface area contributed by atoms with E-state index in [1.807, 2.05) is 31.2 Å². The molecular formula is C21H29N3O4. The van der Waals surface area contributed by atoms with Crippen LogP contribution in [0.1, 0.15) is 44.6 Å². The lowest BCUT2D eigenvalue weighted by atomic mass is 9.86. The third-order valence-corrected chi connectivity index (χ3v) is 4.48. The van der Waals surface area contributed by atoms with E-state index in [-0.39, 0.29) is 12.0 Å². The van der Waals surface area contributed by atoms with Crippen molar-refractivity contribution in [2.24, 2.45) is 7.05 Å². The van der Waals surface area contributed by atoms with Gasteiger partial charge in [0.1, 0.15) is 5.75 Å². The molecule has 28 heavy (non-hydrogen) atoms. The van der Waals surface area contributed by atoms with Crippen LogP contribution in [0.5, 0.6) is 5.75 Å². The molecule has 1 heterocycles. The van der Waals surface area contributed by atoms with E-state index in [1.165, 1.54) is 6.92 Å². The Bertz CT molecular complexity index is 865. The van der Waals surface area contributed by atoms with Gasteiger partial charge in [-0.1, -0.05) is 39.0 Å². The number of para-hydroxylation sites is 1. The number of nitrogens with one attached hydrogen (secondary N) is 1. The molecule has 0 unspecified atom stereocenters. The minimum absolute atomic E-state index is 0.118. The zero-order valence-electron chi connectivity index (χ0n) is 17.6. The van der Waals surface area contributed by atoms with Crippen LogP contribution in [0.15, 0.2) is 24.3 Å². The van der Waals surface area contributed by atoms with E-state index in [0.717, 1.165) is 11.3 Å². The van der Waals surface area contributed by atoms with E-state index in [2.05, 4.69) is 31.2 Å². The van der Waals surface area contributed by atoms with Crippen molar-refractivity contribution in [3.8, 4) is 5.75 Å². The molecule has 0 aliphatic carbocycles. The molecule has 0 bridgehead atoms. The Morgan fingerprint density at radius 3 is 2.43 bits per heavy atom. The van der Waals surface area contributed by atoms with E-state index in [1.54, 1.807) is 18.7 Å². The van der Waals surface area contributed by atoms with Gasteiger partial charge in [0.2, 0.25) is 0 Å². The molecule has 0 radical (unpaired) electrons. The molecule has 1 amide bonds. The molecule has 1 N–H and O–H groups in total. The van der Waals surface area contributed by atoms with Crippen LogP contribution in [0.25, 0.3) is 0 Å². The standard InChI is InChI=1S/C21H29N3O4/c1-13-19(14(2)24(7)23-13)22-20(26)15(3)28-18(25)12-27-17-11-9-8-10-16(17)21(4,5)6/h8-11,15H,12H2,1-7H3,(H,22,26)/t15-/m1/s1. The Morgan fingerprint density at radius 1 is 1.21 bits per heavy atom. The second-order valence-electron chi connectivity index (χ2n) is 7.83. The molecule has 2 aromatic rings. The summed E-state index contributed by atoms with van der Waals surface area (Å²) in [7, 11) is 1.80. The molecule has 152 valence electrons. The number of aryl methyl sites for hydroxylation is 2. The number of hydrogen-bond donors (Lipinski definition) is 1. The summed E-state index contributed by atoms with van der Waals surface area (Å²) in [5, 5.41) is 7.02. The normalized spacial score (nSPS) is 12.4. The number of anilines is 1. The van der Waals surface area contributed by atoms with Crippen LogP contribution in [-0.4, -0.2) is 34.4 Å². The molecule has 2 rings (SSSR count). The van der Waals surface area contributed by atoms with Crippen molar-refractivity contribution in [3.05, 3.63) is 41.2 Å². The monoisotopic (exact) mass is 387 g/mol. The van der Waals surface area contributed by atoms with Gasteiger partial charge in [-0.25, -0.2) is 4.79 Å². The third-order valence-electron chi connectivity index (χ3n) is 4.48. The number of carbonyl (C=O) groups is 2. The summed E-state index contributed by atoms with van der Waals surface area (Å²) >= 11 is 0. The van der Waals surface area contributed by atoms with Crippen molar-refractivity contribution in [2.75, 3.05) is 11.9 Å². The Kier molecular flexibility index (Phi) is 6.48. The van der Waals surface area contributed by atoms with Crippen LogP contribution in [0.4, 0.5) is 5.69 Å². The highest BCUT2D eigenvalue weighted by atomic mass is 16.6. The zero-order valence-corrected chi connectivity index (χ0v) is 17.6. The summed E-state index contributed by atoms with van der Waals surface area (Å²) in [5.74, 6) is -0.390. The molecule has 7 nitrogen and oxygen atoms in total. The second-order valence-corrected chi connectivity index (χ2v) is 7.83. The second kappa shape index (κ2) is 8.46. The first kappa shape index (κ1) is 21.5. The third kappa shape index (κ3) is 5.12. The van der Waals surface area contributed by atoms with Gasteiger partial charge in [-0.05, 0) is 37.8 Å². The molecule has 0 aliphatic heterocycles. The fourth-order valence-corrected chi connectivity index (χ4v) is 2.81. The van der Waals surface area contributed by atoms with E-state index in [4.69, 9.17) is 9.47 Å². The Labute approximate surface area is 166 Å². The Hall–Kier alpha value is -2.83. The topological polar surface area (TPSA) is 82.5 Å². The maximum absolute atomic E-state index is 12.4. The SMILES string of the molecule is Cc1nn(C)c(C)c1NC(=O)[C@@H](C)OC(=O)COc1ccccc1C(C)(C)C. The van der Waals surface area contributed by atoms with Crippen molar-refractivity contribution in [3.63, 3.8) is 0 Å². The molecule has 0 saturated carbocycles. The summed E-state index contributed by atoms with van der Waals surface area (Å²) in [5.41, 5.74) is 3.04. The fraction of sp³-hybridized carbons (Fsp3) is 0.476. The maximum Gasteiger partial charge on any atom is 0.344 e. The average Bonchev–Trinajstić information content (AvgIpc) is 2.85. The molecular weight excluding hydrogens is 358 g/mol. The molecule has 7 heteroatoms. The van der Waals surface area contributed by atoms with E-state index in [9.17, 15) is 9.59 Å². The maximum atomic E-state index is 12.4. The van der Waals surface area contributed by atoms with Crippen molar-refractivity contribution in [1.82, 2.24) is 9.78 Å². The Morgan fingerprint density at radius 2 is 1.86 bits per heavy atom. The first-order chi connectivity index (χ1) is 13.0. The average molecular weight is 387 g/mol. The van der Waals surface area contributed by atoms with Crippen LogP contribution in [0, 0.1) is 13.8 Å². The fourth-order valence-electron chi connectivity index (χ4n) is 2.81. The number of carbonyl (C=O) groups excluding carboxylic acids is 2. The smallest absolute Gasteiger partial charge is 0.344 e. The van der Waals surface area contributed by atoms with Crippen LogP contribution in [0.2, 0.25) is 0 Å². The van der Waals surface area contributed by atoms with Crippen molar-refractivity contribution in [2.45, 2.75) is 53.1 Å². The largest absolute Gasteiger partial charge is 0.482 e. The molecule has 1 atom stereocenters. The summed E-state index contributed by atoms with van der Waals surface area (Å²) < 4.78 is 12.5. The highest BCUT2D eigenvalue weighted by molar-refractivity contribution is 5.96. The van der Waals surface area contributed by atoms with Gasteiger partial charge < -0.3 is 14.8 Å². The van der Waals surface area contributed by atoms with E-state index in [0.29, 0.717) is 17.1 Å². The summed E-state index contributed by atoms with van der Waals surface area (Å²) in [6.07, 6.45) is -0.951. The number of amides is 1. The molecule has 1 aromatic carbocycles. The van der Waals surface area contributed by atoms with Gasteiger partial charge in [0, 0.05) is 7.05 Å². The molecule has 0 fully saturated rings. The predicted octanol–water partition coefficient (Wildman–Crippen LogP) is 3.28. The predicted molar refractivity (Wildman–Crippen MR) is 108 cm³/mol. The van der Waals surface area contributed by atoms with Crippen molar-refractivity contribution < 1.29 is 19.1 Å². The zero-order chi connectivity index (χ0) is 21.1. The number of rotatable bonds is 6. The lowest BCUT2D eigenvalue weighted by Gasteiger charge is -2.22. The van der Waals surface area contributed by atoms with Gasteiger partial charge in [0.25, 0.3) is 5.91 Å². The van der Waals surface area contributed by atoms with Gasteiger partial charge >= 0.3 is 5.97 Å². The quantitative estimate of drug-likeness (QED) is 0.769. The number of aromatic nitrogens is 2. The molecule has 0 saturated heterocycles. The van der Waals surface area contributed by atoms with Crippen LogP contribution in [-0.2, 0) is 26.8 Å². The van der Waals surface area contributed by atoms with Gasteiger partial charge in [-0.3, -0.25) is 9.48 Å². The summed E-state index contributed by atoms with van der Waals surface area (Å²) in [4.78, 5) is 24.5. The lowest BCUT2D eigenvalue weighted by molar-refractivity contribution is -0.155. The van der Waals surface area contributed by atoms with Crippen LogP contribution >= 0.6 is 0 Å². The minimum atomic E-state index is -0.951. The van der Waals surface area contributed by atoms with Crippen molar-refractivity contribution >= 4 is 17.6 Å². The van der Waals surface area contributed by atoms with Gasteiger partial charge in [-0.2, -0.15) is 5.10 Å². The number of nitrogens with zero attached hydrogens (tertiary/aromatic N) is 2. The van der Waals surface area contributed by atoms with E-state index >= 15 is 0 Å². The van der Waals surface area contributed by atoms with Gasteiger partial charge in [-0.15, -0.1) is 0 Å². The number of ether oxygens (including phenoxy) is 2.